The van der Waals surface area contributed by atoms with E-state index in [9.17, 15) is 9.59 Å². The van der Waals surface area contributed by atoms with Crippen LogP contribution in [0.3, 0.4) is 0 Å². The Hall–Kier alpha value is -2.95. The molecule has 0 atom stereocenters. The number of pyridine rings is 2. The number of hydrogen-bond donors (Lipinski definition) is 0. The fourth-order valence-corrected chi connectivity index (χ4v) is 3.57. The SMILES string of the molecule is Cc1ccc2c(=O)c(C(=O)c3ccc(Cl)cc3)cn(Cc3cccc(Cl)c3)c2n1. The third kappa shape index (κ3) is 3.95. The molecule has 0 radical (unpaired) electrons. The molecule has 0 N–H and O–H groups in total. The number of aryl methyl sites for hydroxylation is 1. The van der Waals surface area contributed by atoms with Crippen molar-refractivity contribution in [2.45, 2.75) is 13.5 Å². The van der Waals surface area contributed by atoms with Gasteiger partial charge in [0.15, 0.2) is 5.78 Å². The second-order valence-electron chi connectivity index (χ2n) is 6.79. The lowest BCUT2D eigenvalue weighted by atomic mass is 10.0. The number of hydrogen-bond acceptors (Lipinski definition) is 3. The Morgan fingerprint density at radius 2 is 1.76 bits per heavy atom. The summed E-state index contributed by atoms with van der Waals surface area (Å²) in [5.41, 5.74) is 2.41. The number of nitrogens with zero attached hydrogens (tertiary/aromatic N) is 2. The summed E-state index contributed by atoms with van der Waals surface area (Å²) in [6.45, 7) is 2.29. The molecule has 0 amide bonds. The highest BCUT2D eigenvalue weighted by atomic mass is 35.5. The van der Waals surface area contributed by atoms with Crippen LogP contribution in [0.25, 0.3) is 11.0 Å². The molecule has 29 heavy (non-hydrogen) atoms. The number of carbonyl (C=O) groups excluding carboxylic acids is 1. The lowest BCUT2D eigenvalue weighted by Crippen LogP contribution is -2.21. The molecular weight excluding hydrogens is 407 g/mol. The zero-order valence-corrected chi connectivity index (χ0v) is 17.0. The highest BCUT2D eigenvalue weighted by Crippen LogP contribution is 2.18. The Morgan fingerprint density at radius 1 is 1.00 bits per heavy atom. The van der Waals surface area contributed by atoms with E-state index in [4.69, 9.17) is 23.2 Å². The summed E-state index contributed by atoms with van der Waals surface area (Å²) in [6.07, 6.45) is 1.58. The van der Waals surface area contributed by atoms with Gasteiger partial charge in [-0.3, -0.25) is 9.59 Å². The number of ketones is 1. The summed E-state index contributed by atoms with van der Waals surface area (Å²) in [4.78, 5) is 30.6. The number of halogens is 2. The van der Waals surface area contributed by atoms with Crippen molar-refractivity contribution in [2.75, 3.05) is 0 Å². The van der Waals surface area contributed by atoms with E-state index in [0.29, 0.717) is 33.2 Å². The molecule has 0 aliphatic rings. The first-order chi connectivity index (χ1) is 13.9. The third-order valence-electron chi connectivity index (χ3n) is 4.65. The summed E-state index contributed by atoms with van der Waals surface area (Å²) < 4.78 is 1.82. The molecule has 0 aliphatic carbocycles. The van der Waals surface area contributed by atoms with E-state index >= 15 is 0 Å². The van der Waals surface area contributed by atoms with Gasteiger partial charge in [-0.15, -0.1) is 0 Å². The van der Waals surface area contributed by atoms with Gasteiger partial charge in [-0.2, -0.15) is 0 Å². The molecule has 4 nitrogen and oxygen atoms in total. The van der Waals surface area contributed by atoms with E-state index in [1.165, 1.54) is 0 Å². The van der Waals surface area contributed by atoms with Gasteiger partial charge >= 0.3 is 0 Å². The van der Waals surface area contributed by atoms with Crippen LogP contribution in [0.5, 0.6) is 0 Å². The molecule has 0 aliphatic heterocycles. The molecule has 0 bridgehead atoms. The Labute approximate surface area is 177 Å². The highest BCUT2D eigenvalue weighted by molar-refractivity contribution is 6.31. The van der Waals surface area contributed by atoms with Crippen molar-refractivity contribution in [3.8, 4) is 0 Å². The first-order valence-corrected chi connectivity index (χ1v) is 9.73. The maximum absolute atomic E-state index is 13.1. The molecule has 4 aromatic rings. The normalized spacial score (nSPS) is 11.0. The third-order valence-corrected chi connectivity index (χ3v) is 5.14. The minimum Gasteiger partial charge on any atom is -0.327 e. The molecule has 2 aromatic carbocycles. The second-order valence-corrected chi connectivity index (χ2v) is 7.66. The summed E-state index contributed by atoms with van der Waals surface area (Å²) >= 11 is 12.0. The van der Waals surface area contributed by atoms with Gasteiger partial charge in [0.25, 0.3) is 0 Å². The average molecular weight is 423 g/mol. The molecule has 0 spiro atoms. The van der Waals surface area contributed by atoms with Crippen molar-refractivity contribution in [1.82, 2.24) is 9.55 Å². The first-order valence-electron chi connectivity index (χ1n) is 8.98. The van der Waals surface area contributed by atoms with Gasteiger partial charge in [-0.25, -0.2) is 4.98 Å². The lowest BCUT2D eigenvalue weighted by Gasteiger charge is -2.13. The number of rotatable bonds is 4. The fourth-order valence-electron chi connectivity index (χ4n) is 3.23. The molecule has 0 saturated heterocycles. The highest BCUT2D eigenvalue weighted by Gasteiger charge is 2.18. The van der Waals surface area contributed by atoms with E-state index in [2.05, 4.69) is 4.98 Å². The summed E-state index contributed by atoms with van der Waals surface area (Å²) in [6, 6.07) is 17.4. The van der Waals surface area contributed by atoms with Crippen LogP contribution < -0.4 is 5.43 Å². The lowest BCUT2D eigenvalue weighted by molar-refractivity contribution is 0.103. The topological polar surface area (TPSA) is 52.0 Å². The zero-order chi connectivity index (χ0) is 20.5. The number of fused-ring (bicyclic) bond motifs is 1. The zero-order valence-electron chi connectivity index (χ0n) is 15.5. The van der Waals surface area contributed by atoms with Crippen molar-refractivity contribution >= 4 is 40.0 Å². The summed E-state index contributed by atoms with van der Waals surface area (Å²) in [7, 11) is 0. The van der Waals surface area contributed by atoms with Crippen LogP contribution in [-0.4, -0.2) is 15.3 Å². The molecule has 144 valence electrons. The van der Waals surface area contributed by atoms with Gasteiger partial charge < -0.3 is 4.57 Å². The smallest absolute Gasteiger partial charge is 0.202 e. The minimum absolute atomic E-state index is 0.0903. The molecule has 0 fully saturated rings. The Morgan fingerprint density at radius 3 is 2.48 bits per heavy atom. The maximum atomic E-state index is 13.1. The Balaban J connectivity index is 1.90. The summed E-state index contributed by atoms with van der Waals surface area (Å²) in [5.74, 6) is -0.353. The van der Waals surface area contributed by atoms with Gasteiger partial charge in [0.1, 0.15) is 5.65 Å². The van der Waals surface area contributed by atoms with Crippen LogP contribution in [0.15, 0.2) is 71.7 Å². The molecule has 6 heteroatoms. The number of benzene rings is 2. The Bertz CT molecular complexity index is 1290. The maximum Gasteiger partial charge on any atom is 0.202 e. The standard InChI is InChI=1S/C23H16Cl2N2O2/c1-14-5-10-19-22(29)20(21(28)16-6-8-17(24)9-7-16)13-27(23(19)26-14)12-15-3-2-4-18(25)11-15/h2-11,13H,12H2,1H3. The van der Waals surface area contributed by atoms with Crippen LogP contribution in [0.1, 0.15) is 27.2 Å². The van der Waals surface area contributed by atoms with Crippen LogP contribution >= 0.6 is 23.2 Å². The van der Waals surface area contributed by atoms with Crippen molar-refractivity contribution in [3.63, 3.8) is 0 Å². The quantitative estimate of drug-likeness (QED) is 0.419. The molecule has 4 rings (SSSR count). The molecule has 2 heterocycles. The number of carbonyl (C=O) groups is 1. The van der Waals surface area contributed by atoms with Crippen LogP contribution in [0, 0.1) is 6.92 Å². The Kier molecular flexibility index (Phi) is 5.22. The summed E-state index contributed by atoms with van der Waals surface area (Å²) in [5, 5.41) is 1.55. The predicted molar refractivity (Wildman–Crippen MR) is 116 cm³/mol. The molecule has 0 saturated carbocycles. The van der Waals surface area contributed by atoms with Crippen molar-refractivity contribution in [3.05, 3.63) is 110 Å². The van der Waals surface area contributed by atoms with Gasteiger partial charge in [0.05, 0.1) is 10.9 Å². The molecular formula is C23H16Cl2N2O2. The van der Waals surface area contributed by atoms with Crippen LogP contribution in [-0.2, 0) is 6.54 Å². The van der Waals surface area contributed by atoms with E-state index in [1.54, 1.807) is 48.7 Å². The van der Waals surface area contributed by atoms with Crippen molar-refractivity contribution in [2.24, 2.45) is 0 Å². The van der Waals surface area contributed by atoms with Crippen molar-refractivity contribution < 1.29 is 4.79 Å². The largest absolute Gasteiger partial charge is 0.327 e. The van der Waals surface area contributed by atoms with Gasteiger partial charge in [-0.05, 0) is 61.0 Å². The second kappa shape index (κ2) is 7.82. The molecule has 2 aromatic heterocycles. The first kappa shape index (κ1) is 19.4. The van der Waals surface area contributed by atoms with E-state index in [1.807, 2.05) is 29.7 Å². The van der Waals surface area contributed by atoms with Crippen LogP contribution in [0.2, 0.25) is 10.0 Å². The fraction of sp³-hybridized carbons (Fsp3) is 0.0870. The van der Waals surface area contributed by atoms with Gasteiger partial charge in [0, 0.05) is 34.0 Å². The van der Waals surface area contributed by atoms with Gasteiger partial charge in [-0.1, -0.05) is 35.3 Å². The molecule has 0 unspecified atom stereocenters. The predicted octanol–water partition coefficient (Wildman–Crippen LogP) is 5.29. The average Bonchev–Trinajstić information content (AvgIpc) is 2.70. The van der Waals surface area contributed by atoms with E-state index in [0.717, 1.165) is 11.3 Å². The van der Waals surface area contributed by atoms with E-state index in [-0.39, 0.29) is 16.8 Å². The van der Waals surface area contributed by atoms with E-state index < -0.39 is 0 Å². The van der Waals surface area contributed by atoms with Crippen molar-refractivity contribution in [1.29, 1.82) is 0 Å². The number of aromatic nitrogens is 2. The van der Waals surface area contributed by atoms with Crippen LogP contribution in [0.4, 0.5) is 0 Å². The minimum atomic E-state index is -0.353. The monoisotopic (exact) mass is 422 g/mol. The van der Waals surface area contributed by atoms with Gasteiger partial charge in [0.2, 0.25) is 5.43 Å².